The Hall–Kier alpha value is -1.18. The van der Waals surface area contributed by atoms with Crippen LogP contribution in [0.4, 0.5) is 5.82 Å². The lowest BCUT2D eigenvalue weighted by molar-refractivity contribution is 0.534. The quantitative estimate of drug-likeness (QED) is 0.512. The third-order valence-electron chi connectivity index (χ3n) is 2.54. The molecule has 0 aliphatic heterocycles. The fraction of sp³-hybridized carbons (Fsp3) is 0.545. The zero-order valence-electron chi connectivity index (χ0n) is 10.7. The number of unbranched alkanes of at least 4 members (excludes halogenated alkanes) is 1. The second kappa shape index (κ2) is 6.67. The number of aromatic nitrogens is 1. The number of sulfonamides is 1. The van der Waals surface area contributed by atoms with Crippen molar-refractivity contribution >= 4 is 15.8 Å². The molecule has 6 nitrogen and oxygen atoms in total. The second-order valence-electron chi connectivity index (χ2n) is 4.19. The molecule has 1 heterocycles. The van der Waals surface area contributed by atoms with Gasteiger partial charge in [0.1, 0.15) is 10.7 Å². The zero-order chi connectivity index (χ0) is 13.6. The third-order valence-corrected chi connectivity index (χ3v) is 4.12. The van der Waals surface area contributed by atoms with Crippen molar-refractivity contribution in [2.75, 3.05) is 5.43 Å². The number of anilines is 1. The molecular formula is C11H20N4O2S. The van der Waals surface area contributed by atoms with Crippen LogP contribution in [0.25, 0.3) is 0 Å². The first kappa shape index (κ1) is 14.9. The zero-order valence-corrected chi connectivity index (χ0v) is 11.5. The van der Waals surface area contributed by atoms with Crippen molar-refractivity contribution in [2.45, 2.75) is 44.0 Å². The molecule has 0 saturated heterocycles. The van der Waals surface area contributed by atoms with Gasteiger partial charge in [-0.15, -0.1) is 0 Å². The summed E-state index contributed by atoms with van der Waals surface area (Å²) < 4.78 is 26.6. The first-order valence-electron chi connectivity index (χ1n) is 5.94. The van der Waals surface area contributed by atoms with E-state index in [1.54, 1.807) is 0 Å². The predicted molar refractivity (Wildman–Crippen MR) is 71.4 cm³/mol. The number of pyridine rings is 1. The molecule has 18 heavy (non-hydrogen) atoms. The maximum Gasteiger partial charge on any atom is 0.242 e. The topological polar surface area (TPSA) is 97.1 Å². The van der Waals surface area contributed by atoms with Crippen LogP contribution in [0.15, 0.2) is 23.2 Å². The maximum atomic E-state index is 12.0. The first-order chi connectivity index (χ1) is 8.49. The smallest absolute Gasteiger partial charge is 0.242 e. The van der Waals surface area contributed by atoms with Gasteiger partial charge in [-0.3, -0.25) is 0 Å². The van der Waals surface area contributed by atoms with Crippen LogP contribution in [0.3, 0.4) is 0 Å². The Kier molecular flexibility index (Phi) is 5.52. The van der Waals surface area contributed by atoms with Gasteiger partial charge in [0.05, 0.1) is 0 Å². The van der Waals surface area contributed by atoms with Crippen molar-refractivity contribution in [1.29, 1.82) is 0 Å². The molecule has 0 fully saturated rings. The highest BCUT2D eigenvalue weighted by atomic mass is 32.2. The Morgan fingerprint density at radius 2 is 2.17 bits per heavy atom. The lowest BCUT2D eigenvalue weighted by Gasteiger charge is -2.13. The van der Waals surface area contributed by atoms with Crippen LogP contribution >= 0.6 is 0 Å². The van der Waals surface area contributed by atoms with Crippen molar-refractivity contribution in [3.05, 3.63) is 18.3 Å². The summed E-state index contributed by atoms with van der Waals surface area (Å²) in [4.78, 5) is 4.02. The van der Waals surface area contributed by atoms with Gasteiger partial charge in [-0.1, -0.05) is 19.8 Å². The summed E-state index contributed by atoms with van der Waals surface area (Å²) in [6, 6.07) is 2.91. The van der Waals surface area contributed by atoms with E-state index in [0.717, 1.165) is 19.3 Å². The molecule has 0 bridgehead atoms. The molecule has 0 aromatic carbocycles. The number of rotatable bonds is 7. The van der Waals surface area contributed by atoms with E-state index in [0.29, 0.717) is 5.82 Å². The van der Waals surface area contributed by atoms with Gasteiger partial charge in [-0.25, -0.2) is 24.0 Å². The lowest BCUT2D eigenvalue weighted by atomic mass is 10.2. The van der Waals surface area contributed by atoms with Gasteiger partial charge in [0, 0.05) is 12.2 Å². The van der Waals surface area contributed by atoms with Gasteiger partial charge >= 0.3 is 0 Å². The Morgan fingerprint density at radius 1 is 1.44 bits per heavy atom. The summed E-state index contributed by atoms with van der Waals surface area (Å²) in [5.41, 5.74) is 2.35. The Labute approximate surface area is 108 Å². The molecule has 1 aromatic rings. The Balaban J connectivity index is 2.73. The molecule has 7 heteroatoms. The molecular weight excluding hydrogens is 252 g/mol. The second-order valence-corrected chi connectivity index (χ2v) is 5.90. The average Bonchev–Trinajstić information content (AvgIpc) is 2.36. The molecule has 0 spiro atoms. The van der Waals surface area contributed by atoms with Crippen LogP contribution in [-0.2, 0) is 10.0 Å². The summed E-state index contributed by atoms with van der Waals surface area (Å²) in [5, 5.41) is 0. The van der Waals surface area contributed by atoms with Crippen molar-refractivity contribution in [1.82, 2.24) is 9.71 Å². The molecule has 0 aliphatic rings. The van der Waals surface area contributed by atoms with E-state index in [1.165, 1.54) is 18.3 Å². The van der Waals surface area contributed by atoms with Gasteiger partial charge < -0.3 is 5.43 Å². The summed E-state index contributed by atoms with van der Waals surface area (Å²) in [7, 11) is -3.50. The minimum atomic E-state index is -3.50. The Morgan fingerprint density at radius 3 is 2.67 bits per heavy atom. The highest BCUT2D eigenvalue weighted by molar-refractivity contribution is 7.89. The van der Waals surface area contributed by atoms with E-state index in [2.05, 4.69) is 22.1 Å². The van der Waals surface area contributed by atoms with E-state index in [-0.39, 0.29) is 10.9 Å². The summed E-state index contributed by atoms with van der Waals surface area (Å²) in [5.74, 6) is 5.59. The molecule has 0 saturated carbocycles. The van der Waals surface area contributed by atoms with Crippen molar-refractivity contribution in [3.63, 3.8) is 0 Å². The van der Waals surface area contributed by atoms with Gasteiger partial charge in [-0.05, 0) is 25.5 Å². The van der Waals surface area contributed by atoms with E-state index >= 15 is 0 Å². The average molecular weight is 272 g/mol. The van der Waals surface area contributed by atoms with Gasteiger partial charge in [0.25, 0.3) is 0 Å². The molecule has 102 valence electrons. The van der Waals surface area contributed by atoms with Crippen molar-refractivity contribution < 1.29 is 8.42 Å². The SMILES string of the molecule is CCCCC(C)NS(=O)(=O)c1ccc(NN)nc1. The third kappa shape index (κ3) is 4.25. The first-order valence-corrected chi connectivity index (χ1v) is 7.43. The van der Waals surface area contributed by atoms with E-state index in [1.807, 2.05) is 6.92 Å². The molecule has 4 N–H and O–H groups in total. The normalized spacial score (nSPS) is 13.3. The molecule has 0 aliphatic carbocycles. The van der Waals surface area contributed by atoms with Crippen LogP contribution < -0.4 is 16.0 Å². The minimum Gasteiger partial charge on any atom is -0.308 e. The fourth-order valence-electron chi connectivity index (χ4n) is 1.53. The maximum absolute atomic E-state index is 12.0. The number of hydrogen-bond acceptors (Lipinski definition) is 5. The molecule has 1 unspecified atom stereocenters. The number of nitrogens with two attached hydrogens (primary N) is 1. The van der Waals surface area contributed by atoms with Crippen LogP contribution in [0, 0.1) is 0 Å². The molecule has 0 amide bonds. The summed E-state index contributed by atoms with van der Waals surface area (Å²) >= 11 is 0. The van der Waals surface area contributed by atoms with Gasteiger partial charge in [0.15, 0.2) is 0 Å². The number of hydrazine groups is 1. The number of hydrogen-bond donors (Lipinski definition) is 3. The lowest BCUT2D eigenvalue weighted by Crippen LogP contribution is -2.32. The van der Waals surface area contributed by atoms with Gasteiger partial charge in [-0.2, -0.15) is 0 Å². The molecule has 1 atom stereocenters. The summed E-state index contributed by atoms with van der Waals surface area (Å²) in [6.07, 6.45) is 4.15. The minimum absolute atomic E-state index is 0.0812. The monoisotopic (exact) mass is 272 g/mol. The van der Waals surface area contributed by atoms with Crippen LogP contribution in [-0.4, -0.2) is 19.4 Å². The number of nitrogens with zero attached hydrogens (tertiary/aromatic N) is 1. The van der Waals surface area contributed by atoms with E-state index in [4.69, 9.17) is 5.84 Å². The van der Waals surface area contributed by atoms with Crippen LogP contribution in [0.1, 0.15) is 33.1 Å². The van der Waals surface area contributed by atoms with Crippen LogP contribution in [0.2, 0.25) is 0 Å². The van der Waals surface area contributed by atoms with Gasteiger partial charge in [0.2, 0.25) is 10.0 Å². The van der Waals surface area contributed by atoms with Crippen molar-refractivity contribution in [2.24, 2.45) is 5.84 Å². The predicted octanol–water partition coefficient (Wildman–Crippen LogP) is 1.22. The van der Waals surface area contributed by atoms with E-state index in [9.17, 15) is 8.42 Å². The van der Waals surface area contributed by atoms with Crippen LogP contribution in [0.5, 0.6) is 0 Å². The number of nitrogen functional groups attached to an aromatic ring is 1. The molecule has 0 radical (unpaired) electrons. The highest BCUT2D eigenvalue weighted by Gasteiger charge is 2.17. The largest absolute Gasteiger partial charge is 0.308 e. The fourth-order valence-corrected chi connectivity index (χ4v) is 2.75. The highest BCUT2D eigenvalue weighted by Crippen LogP contribution is 2.11. The van der Waals surface area contributed by atoms with Crippen molar-refractivity contribution in [3.8, 4) is 0 Å². The standard InChI is InChI=1S/C11H20N4O2S/c1-3-4-5-9(2)15-18(16,17)10-6-7-11(14-12)13-8-10/h6-9,15H,3-5,12H2,1-2H3,(H,13,14). The summed E-state index contributed by atoms with van der Waals surface area (Å²) in [6.45, 7) is 3.93. The molecule has 1 rings (SSSR count). The van der Waals surface area contributed by atoms with E-state index < -0.39 is 10.0 Å². The Bertz CT molecular complexity index is 458. The number of nitrogens with one attached hydrogen (secondary N) is 2. The molecule has 1 aromatic heterocycles.